The highest BCUT2D eigenvalue weighted by molar-refractivity contribution is 5.81. The molecule has 0 fully saturated rings. The molecule has 2 unspecified atom stereocenters. The Morgan fingerprint density at radius 1 is 0.636 bits per heavy atom. The summed E-state index contributed by atoms with van der Waals surface area (Å²) >= 11 is 0. The summed E-state index contributed by atoms with van der Waals surface area (Å²) < 4.78 is 5.72. The van der Waals surface area contributed by atoms with Gasteiger partial charge in [0.25, 0.3) is 0 Å². The van der Waals surface area contributed by atoms with Crippen LogP contribution in [0, 0.1) is 5.92 Å². The molecule has 2 atom stereocenters. The number of nitrogens with zero attached hydrogens (tertiary/aromatic N) is 1. The predicted octanol–water partition coefficient (Wildman–Crippen LogP) is 11.4. The number of rotatable bonds is 35. The van der Waals surface area contributed by atoms with Crippen molar-refractivity contribution >= 4 is 5.97 Å². The number of esters is 1. The molecule has 0 saturated heterocycles. The van der Waals surface area contributed by atoms with Gasteiger partial charge in [-0.05, 0) is 71.5 Å². The molecule has 44 heavy (non-hydrogen) atoms. The number of hydroxylamine groups is 1. The van der Waals surface area contributed by atoms with E-state index in [1.54, 1.807) is 6.08 Å². The molecule has 0 aromatic carbocycles. The first-order valence-corrected chi connectivity index (χ1v) is 19.4. The van der Waals surface area contributed by atoms with E-state index in [0.717, 1.165) is 45.3 Å². The van der Waals surface area contributed by atoms with E-state index in [1.165, 1.54) is 135 Å². The van der Waals surface area contributed by atoms with Crippen LogP contribution >= 0.6 is 0 Å². The zero-order valence-corrected chi connectivity index (χ0v) is 30.5. The van der Waals surface area contributed by atoms with Gasteiger partial charge < -0.3 is 14.5 Å². The zero-order valence-electron chi connectivity index (χ0n) is 30.5. The molecule has 5 nitrogen and oxygen atoms in total. The Hall–Kier alpha value is -0.910. The van der Waals surface area contributed by atoms with Gasteiger partial charge in [0.2, 0.25) is 0 Å². The van der Waals surface area contributed by atoms with Crippen LogP contribution in [0.3, 0.4) is 0 Å². The summed E-state index contributed by atoms with van der Waals surface area (Å²) in [6.07, 6.45) is 36.5. The highest BCUT2D eigenvalue weighted by atomic mass is 16.6. The van der Waals surface area contributed by atoms with Crippen LogP contribution in [0.2, 0.25) is 0 Å². The molecule has 0 spiro atoms. The van der Waals surface area contributed by atoms with Gasteiger partial charge in [-0.3, -0.25) is 0 Å². The highest BCUT2D eigenvalue weighted by Crippen LogP contribution is 2.20. The fourth-order valence-electron chi connectivity index (χ4n) is 5.88. The van der Waals surface area contributed by atoms with E-state index in [0.29, 0.717) is 18.6 Å². The summed E-state index contributed by atoms with van der Waals surface area (Å²) in [5, 5.41) is 0. The molecule has 0 aromatic heterocycles. The third kappa shape index (κ3) is 32.5. The minimum Gasteiger partial charge on any atom is -0.462 e. The van der Waals surface area contributed by atoms with Crippen molar-refractivity contribution in [3.63, 3.8) is 0 Å². The molecular formula is C39H78N2O3. The van der Waals surface area contributed by atoms with Gasteiger partial charge >= 0.3 is 5.97 Å². The first-order valence-electron chi connectivity index (χ1n) is 19.4. The van der Waals surface area contributed by atoms with E-state index < -0.39 is 0 Å². The summed E-state index contributed by atoms with van der Waals surface area (Å²) in [5.41, 5.74) is 3.39. The van der Waals surface area contributed by atoms with Crippen molar-refractivity contribution in [2.24, 2.45) is 5.92 Å². The Kier molecular flexibility index (Phi) is 34.2. The third-order valence-corrected chi connectivity index (χ3v) is 8.83. The van der Waals surface area contributed by atoms with E-state index in [-0.39, 0.29) is 5.97 Å². The first-order chi connectivity index (χ1) is 21.5. The Bertz CT molecular complexity index is 610. The van der Waals surface area contributed by atoms with Crippen LogP contribution in [0.4, 0.5) is 0 Å². The Balaban J connectivity index is 4.33. The van der Waals surface area contributed by atoms with Gasteiger partial charge in [0.05, 0.1) is 13.2 Å². The lowest BCUT2D eigenvalue weighted by Crippen LogP contribution is -2.30. The summed E-state index contributed by atoms with van der Waals surface area (Å²) in [5.74, 6) is 0.359. The average Bonchev–Trinajstić information content (AvgIpc) is 3.01. The van der Waals surface area contributed by atoms with E-state index in [4.69, 9.17) is 9.57 Å². The van der Waals surface area contributed by atoms with Crippen molar-refractivity contribution in [2.75, 3.05) is 33.9 Å². The largest absolute Gasteiger partial charge is 0.462 e. The topological polar surface area (TPSA) is 50.8 Å². The standard InChI is InChI=1S/C39H78N2O3/c1-6-9-12-15-17-18-20-25-31-38(40-44-35-28-34-41(4)5)32-26-21-22-27-33-39(42)43-36-37(29-23-14-11-8-3)30-24-19-16-13-10-7-2/h27,33,37-38,40H,6-26,28-32,34-36H2,1-5H3. The summed E-state index contributed by atoms with van der Waals surface area (Å²) in [6, 6.07) is 0.421. The summed E-state index contributed by atoms with van der Waals surface area (Å²) in [4.78, 5) is 20.5. The molecule has 0 bridgehead atoms. The molecule has 0 saturated carbocycles. The molecule has 0 aliphatic carbocycles. The molecule has 5 heteroatoms. The lowest BCUT2D eigenvalue weighted by atomic mass is 9.95. The minimum atomic E-state index is -0.160. The van der Waals surface area contributed by atoms with Gasteiger partial charge in [0.15, 0.2) is 0 Å². The Morgan fingerprint density at radius 2 is 1.11 bits per heavy atom. The highest BCUT2D eigenvalue weighted by Gasteiger charge is 2.12. The molecule has 0 rings (SSSR count). The number of unbranched alkanes of at least 4 members (excludes halogenated alkanes) is 17. The Labute approximate surface area is 276 Å². The van der Waals surface area contributed by atoms with Crippen LogP contribution in [0.15, 0.2) is 12.2 Å². The maximum Gasteiger partial charge on any atom is 0.330 e. The van der Waals surface area contributed by atoms with Crippen LogP contribution in [0.25, 0.3) is 0 Å². The monoisotopic (exact) mass is 623 g/mol. The first kappa shape index (κ1) is 43.1. The molecular weight excluding hydrogens is 544 g/mol. The second-order valence-corrected chi connectivity index (χ2v) is 13.7. The van der Waals surface area contributed by atoms with Crippen molar-refractivity contribution in [1.82, 2.24) is 10.4 Å². The fraction of sp³-hybridized carbons (Fsp3) is 0.923. The van der Waals surface area contributed by atoms with Gasteiger partial charge in [-0.25, -0.2) is 4.79 Å². The van der Waals surface area contributed by atoms with E-state index in [2.05, 4.69) is 45.2 Å². The van der Waals surface area contributed by atoms with E-state index in [9.17, 15) is 4.79 Å². The SMILES string of the molecule is CCCCCCCCCCC(CCCCC=CC(=O)OCC(CCCCCC)CCCCCCCC)NOCCCN(C)C. The molecule has 0 aliphatic heterocycles. The molecule has 1 N–H and O–H groups in total. The second-order valence-electron chi connectivity index (χ2n) is 13.7. The van der Waals surface area contributed by atoms with Crippen LogP contribution in [-0.2, 0) is 14.4 Å². The summed E-state index contributed by atoms with van der Waals surface area (Å²) in [7, 11) is 4.21. The third-order valence-electron chi connectivity index (χ3n) is 8.83. The number of carbonyl (C=O) groups is 1. The van der Waals surface area contributed by atoms with Gasteiger partial charge in [0.1, 0.15) is 0 Å². The van der Waals surface area contributed by atoms with Crippen molar-refractivity contribution in [3.8, 4) is 0 Å². The van der Waals surface area contributed by atoms with Crippen LogP contribution in [-0.4, -0.2) is 50.8 Å². The van der Waals surface area contributed by atoms with Crippen LogP contribution in [0.5, 0.6) is 0 Å². The lowest BCUT2D eigenvalue weighted by Gasteiger charge is -2.19. The predicted molar refractivity (Wildman–Crippen MR) is 192 cm³/mol. The number of hydrogen-bond acceptors (Lipinski definition) is 5. The molecule has 0 radical (unpaired) electrons. The maximum atomic E-state index is 12.4. The zero-order chi connectivity index (χ0) is 32.4. The smallest absolute Gasteiger partial charge is 0.330 e. The number of ether oxygens (including phenoxy) is 1. The number of hydrogen-bond donors (Lipinski definition) is 1. The fourth-order valence-corrected chi connectivity index (χ4v) is 5.88. The number of allylic oxidation sites excluding steroid dienone is 1. The normalized spacial score (nSPS) is 13.2. The van der Waals surface area contributed by atoms with Crippen LogP contribution in [0.1, 0.15) is 188 Å². The van der Waals surface area contributed by atoms with Crippen molar-refractivity contribution in [2.45, 2.75) is 194 Å². The maximum absolute atomic E-state index is 12.4. The average molecular weight is 623 g/mol. The molecule has 0 aromatic rings. The molecule has 0 aliphatic rings. The van der Waals surface area contributed by atoms with Crippen LogP contribution < -0.4 is 5.48 Å². The van der Waals surface area contributed by atoms with Gasteiger partial charge in [-0.15, -0.1) is 0 Å². The second kappa shape index (κ2) is 35.0. The molecule has 262 valence electrons. The van der Waals surface area contributed by atoms with Gasteiger partial charge in [0, 0.05) is 12.1 Å². The Morgan fingerprint density at radius 3 is 1.66 bits per heavy atom. The summed E-state index contributed by atoms with van der Waals surface area (Å²) in [6.45, 7) is 9.22. The van der Waals surface area contributed by atoms with Gasteiger partial charge in [-0.1, -0.05) is 149 Å². The number of carbonyl (C=O) groups excluding carboxylic acids is 1. The molecule has 0 heterocycles. The van der Waals surface area contributed by atoms with Gasteiger partial charge in [-0.2, -0.15) is 5.48 Å². The van der Waals surface area contributed by atoms with Crippen molar-refractivity contribution in [1.29, 1.82) is 0 Å². The van der Waals surface area contributed by atoms with E-state index >= 15 is 0 Å². The molecule has 0 amide bonds. The van der Waals surface area contributed by atoms with Crippen molar-refractivity contribution < 1.29 is 14.4 Å². The van der Waals surface area contributed by atoms with Crippen molar-refractivity contribution in [3.05, 3.63) is 12.2 Å². The van der Waals surface area contributed by atoms with E-state index in [1.807, 2.05) is 6.08 Å². The number of nitrogens with one attached hydrogen (secondary N) is 1. The minimum absolute atomic E-state index is 0.160. The lowest BCUT2D eigenvalue weighted by molar-refractivity contribution is -0.139. The quantitative estimate of drug-likeness (QED) is 0.0330.